The lowest BCUT2D eigenvalue weighted by atomic mass is 10.1. The van der Waals surface area contributed by atoms with Crippen LogP contribution in [0.25, 0.3) is 16.3 Å². The second-order valence-electron chi connectivity index (χ2n) is 7.99. The predicted octanol–water partition coefficient (Wildman–Crippen LogP) is 5.71. The standard InChI is InChI=1S/C24H27N3O3S/c1-5-27(23(29)30-24(2,3)4)16-17-10-6-7-11-18(17)25-21(28)14-15-22-26-19-12-8-9-13-20(19)31-22/h6-15H,5,16H2,1-4H3,(H,25,28). The van der Waals surface area contributed by atoms with E-state index in [4.69, 9.17) is 4.74 Å². The Hall–Kier alpha value is -3.19. The van der Waals surface area contributed by atoms with E-state index in [2.05, 4.69) is 10.3 Å². The van der Waals surface area contributed by atoms with Gasteiger partial charge in [-0.2, -0.15) is 0 Å². The van der Waals surface area contributed by atoms with E-state index in [9.17, 15) is 9.59 Å². The van der Waals surface area contributed by atoms with Crippen LogP contribution in [0.4, 0.5) is 10.5 Å². The van der Waals surface area contributed by atoms with Crippen LogP contribution in [0.2, 0.25) is 0 Å². The molecule has 2 amide bonds. The van der Waals surface area contributed by atoms with Gasteiger partial charge in [0, 0.05) is 18.3 Å². The summed E-state index contributed by atoms with van der Waals surface area (Å²) in [6.07, 6.45) is 2.80. The highest BCUT2D eigenvalue weighted by atomic mass is 32.1. The summed E-state index contributed by atoms with van der Waals surface area (Å²) in [7, 11) is 0. The fourth-order valence-corrected chi connectivity index (χ4v) is 3.77. The van der Waals surface area contributed by atoms with E-state index in [1.165, 1.54) is 17.4 Å². The summed E-state index contributed by atoms with van der Waals surface area (Å²) < 4.78 is 6.56. The van der Waals surface area contributed by atoms with E-state index in [1.807, 2.05) is 76.2 Å². The SMILES string of the molecule is CCN(Cc1ccccc1NC(=O)C=Cc1nc2ccccc2s1)C(=O)OC(C)(C)C. The molecule has 0 aliphatic carbocycles. The minimum absolute atomic E-state index is 0.257. The van der Waals surface area contributed by atoms with Crippen LogP contribution in [-0.4, -0.2) is 34.0 Å². The molecule has 1 aromatic heterocycles. The molecule has 2 aromatic carbocycles. The molecule has 0 bridgehead atoms. The van der Waals surface area contributed by atoms with Gasteiger partial charge in [-0.15, -0.1) is 11.3 Å². The van der Waals surface area contributed by atoms with Crippen molar-refractivity contribution in [2.45, 2.75) is 39.8 Å². The third-order valence-corrected chi connectivity index (χ3v) is 5.36. The molecule has 0 fully saturated rings. The Morgan fingerprint density at radius 2 is 1.84 bits per heavy atom. The van der Waals surface area contributed by atoms with Gasteiger partial charge in [-0.05, 0) is 57.5 Å². The molecule has 162 valence electrons. The van der Waals surface area contributed by atoms with Gasteiger partial charge in [0.25, 0.3) is 0 Å². The molecule has 0 spiro atoms. The number of carbonyl (C=O) groups excluding carboxylic acids is 2. The average Bonchev–Trinajstić information content (AvgIpc) is 3.13. The molecule has 1 N–H and O–H groups in total. The van der Waals surface area contributed by atoms with E-state index in [0.29, 0.717) is 18.8 Å². The number of thiazole rings is 1. The van der Waals surface area contributed by atoms with Crippen LogP contribution in [-0.2, 0) is 16.1 Å². The Kier molecular flexibility index (Phi) is 7.07. The van der Waals surface area contributed by atoms with Crippen molar-refractivity contribution < 1.29 is 14.3 Å². The summed E-state index contributed by atoms with van der Waals surface area (Å²) in [6, 6.07) is 15.3. The first-order chi connectivity index (χ1) is 14.7. The molecule has 0 unspecified atom stereocenters. The van der Waals surface area contributed by atoms with Crippen molar-refractivity contribution >= 4 is 45.3 Å². The molecular weight excluding hydrogens is 410 g/mol. The number of amides is 2. The fraction of sp³-hybridized carbons (Fsp3) is 0.292. The summed E-state index contributed by atoms with van der Waals surface area (Å²) in [6.45, 7) is 8.24. The number of hydrogen-bond acceptors (Lipinski definition) is 5. The quantitative estimate of drug-likeness (QED) is 0.502. The molecule has 3 aromatic rings. The molecule has 0 radical (unpaired) electrons. The Bertz CT molecular complexity index is 1070. The first kappa shape index (κ1) is 22.5. The lowest BCUT2D eigenvalue weighted by molar-refractivity contribution is -0.111. The molecule has 3 rings (SSSR count). The van der Waals surface area contributed by atoms with Crippen molar-refractivity contribution in [2.24, 2.45) is 0 Å². The monoisotopic (exact) mass is 437 g/mol. The lowest BCUT2D eigenvalue weighted by Crippen LogP contribution is -2.36. The summed E-state index contributed by atoms with van der Waals surface area (Å²) in [4.78, 5) is 31.1. The third kappa shape index (κ3) is 6.39. The molecule has 1 heterocycles. The van der Waals surface area contributed by atoms with Crippen LogP contribution >= 0.6 is 11.3 Å². The lowest BCUT2D eigenvalue weighted by Gasteiger charge is -2.27. The first-order valence-corrected chi connectivity index (χ1v) is 11.0. The highest BCUT2D eigenvalue weighted by molar-refractivity contribution is 7.19. The van der Waals surface area contributed by atoms with Gasteiger partial charge in [0.05, 0.1) is 16.8 Å². The van der Waals surface area contributed by atoms with Crippen molar-refractivity contribution in [1.82, 2.24) is 9.88 Å². The molecule has 31 heavy (non-hydrogen) atoms. The van der Waals surface area contributed by atoms with Crippen LogP contribution in [0.1, 0.15) is 38.3 Å². The van der Waals surface area contributed by atoms with Crippen molar-refractivity contribution in [3.8, 4) is 0 Å². The normalized spacial score (nSPS) is 11.6. The maximum atomic E-state index is 12.5. The highest BCUT2D eigenvalue weighted by Gasteiger charge is 2.22. The van der Waals surface area contributed by atoms with Gasteiger partial charge < -0.3 is 15.0 Å². The zero-order valence-electron chi connectivity index (χ0n) is 18.2. The summed E-state index contributed by atoms with van der Waals surface area (Å²) >= 11 is 1.53. The molecule has 6 nitrogen and oxygen atoms in total. The second kappa shape index (κ2) is 9.75. The van der Waals surface area contributed by atoms with E-state index in [1.54, 1.807) is 11.0 Å². The van der Waals surface area contributed by atoms with Crippen molar-refractivity contribution in [3.63, 3.8) is 0 Å². The molecular formula is C24H27N3O3S. The Labute approximate surface area is 186 Å². The molecule has 7 heteroatoms. The number of aromatic nitrogens is 1. The Morgan fingerprint density at radius 1 is 1.13 bits per heavy atom. The first-order valence-electron chi connectivity index (χ1n) is 10.2. The van der Waals surface area contributed by atoms with Gasteiger partial charge in [-0.3, -0.25) is 4.79 Å². The Balaban J connectivity index is 1.69. The zero-order chi connectivity index (χ0) is 22.4. The number of rotatable bonds is 6. The minimum Gasteiger partial charge on any atom is -0.444 e. The number of carbonyl (C=O) groups is 2. The van der Waals surface area contributed by atoms with Crippen molar-refractivity contribution in [2.75, 3.05) is 11.9 Å². The summed E-state index contributed by atoms with van der Waals surface area (Å²) in [5.41, 5.74) is 1.84. The minimum atomic E-state index is -0.566. The summed E-state index contributed by atoms with van der Waals surface area (Å²) in [5.74, 6) is -0.257. The van der Waals surface area contributed by atoms with Crippen LogP contribution in [0.3, 0.4) is 0 Å². The van der Waals surface area contributed by atoms with Gasteiger partial charge >= 0.3 is 6.09 Å². The summed E-state index contributed by atoms with van der Waals surface area (Å²) in [5, 5.41) is 3.67. The number of benzene rings is 2. The number of fused-ring (bicyclic) bond motifs is 1. The molecule has 0 saturated carbocycles. The largest absolute Gasteiger partial charge is 0.444 e. The second-order valence-corrected chi connectivity index (χ2v) is 9.06. The van der Waals surface area contributed by atoms with Gasteiger partial charge in [0.2, 0.25) is 5.91 Å². The van der Waals surface area contributed by atoms with E-state index in [0.717, 1.165) is 20.8 Å². The maximum Gasteiger partial charge on any atom is 0.410 e. The van der Waals surface area contributed by atoms with Crippen LogP contribution < -0.4 is 5.32 Å². The number of nitrogens with one attached hydrogen (secondary N) is 1. The zero-order valence-corrected chi connectivity index (χ0v) is 19.0. The fourth-order valence-electron chi connectivity index (χ4n) is 2.90. The van der Waals surface area contributed by atoms with Crippen LogP contribution in [0.15, 0.2) is 54.6 Å². The third-order valence-electron chi connectivity index (χ3n) is 4.36. The predicted molar refractivity (Wildman–Crippen MR) is 126 cm³/mol. The molecule has 0 aliphatic rings. The van der Waals surface area contributed by atoms with Crippen LogP contribution in [0, 0.1) is 0 Å². The van der Waals surface area contributed by atoms with E-state index in [-0.39, 0.29) is 12.0 Å². The number of ether oxygens (including phenoxy) is 1. The topological polar surface area (TPSA) is 71.5 Å². The smallest absolute Gasteiger partial charge is 0.410 e. The number of hydrogen-bond donors (Lipinski definition) is 1. The molecule has 0 atom stereocenters. The number of para-hydroxylation sites is 2. The van der Waals surface area contributed by atoms with Gasteiger partial charge in [0.1, 0.15) is 10.6 Å². The van der Waals surface area contributed by atoms with E-state index >= 15 is 0 Å². The van der Waals surface area contributed by atoms with Gasteiger partial charge in [-0.1, -0.05) is 30.3 Å². The number of anilines is 1. The molecule has 0 saturated heterocycles. The Morgan fingerprint density at radius 3 is 2.55 bits per heavy atom. The average molecular weight is 438 g/mol. The van der Waals surface area contributed by atoms with Crippen molar-refractivity contribution in [3.05, 3.63) is 65.2 Å². The van der Waals surface area contributed by atoms with Crippen LogP contribution in [0.5, 0.6) is 0 Å². The van der Waals surface area contributed by atoms with Crippen molar-refractivity contribution in [1.29, 1.82) is 0 Å². The van der Waals surface area contributed by atoms with E-state index < -0.39 is 5.60 Å². The van der Waals surface area contributed by atoms with Gasteiger partial charge in [-0.25, -0.2) is 9.78 Å². The maximum absolute atomic E-state index is 12.5. The molecule has 0 aliphatic heterocycles. The number of nitrogens with zero attached hydrogens (tertiary/aromatic N) is 2. The van der Waals surface area contributed by atoms with Gasteiger partial charge in [0.15, 0.2) is 0 Å². The highest BCUT2D eigenvalue weighted by Crippen LogP contribution is 2.23.